The lowest BCUT2D eigenvalue weighted by Gasteiger charge is -2.56. The quantitative estimate of drug-likeness (QED) is 0.227. The molecule has 3 atom stereocenters. The Labute approximate surface area is 309 Å². The SMILES string of the molecule is C=Cc1c(C)cc2[nH]ncc2c1-c1nc(OC)c2c(N3CCOC[C@@](C)(O)C3)nc(OC[C@]34CCC[C@H]3N(C3CC5(CCOC5)C3)CCC4)nc2c1F. The van der Waals surface area contributed by atoms with Crippen LogP contribution in [0.2, 0.25) is 0 Å². The van der Waals surface area contributed by atoms with Gasteiger partial charge >= 0.3 is 6.01 Å². The molecule has 2 aliphatic carbocycles. The number of hydrogen-bond donors (Lipinski definition) is 2. The van der Waals surface area contributed by atoms with Crippen LogP contribution in [0.25, 0.3) is 39.1 Å². The molecular weight excluding hydrogens is 677 g/mol. The third-order valence-corrected chi connectivity index (χ3v) is 12.9. The van der Waals surface area contributed by atoms with Gasteiger partial charge in [-0.15, -0.1) is 0 Å². The van der Waals surface area contributed by atoms with Crippen LogP contribution < -0.4 is 14.4 Å². The number of rotatable bonds is 8. The Bertz CT molecular complexity index is 2060. The number of aryl methyl sites for hydroxylation is 1. The van der Waals surface area contributed by atoms with Crippen LogP contribution in [0.5, 0.6) is 11.9 Å². The van der Waals surface area contributed by atoms with Crippen molar-refractivity contribution in [3.8, 4) is 23.1 Å². The van der Waals surface area contributed by atoms with Crippen molar-refractivity contribution < 1.29 is 28.4 Å². The number of pyridine rings is 1. The highest BCUT2D eigenvalue weighted by Crippen LogP contribution is 2.55. The van der Waals surface area contributed by atoms with Gasteiger partial charge in [-0.05, 0) is 87.9 Å². The van der Waals surface area contributed by atoms with Gasteiger partial charge in [-0.3, -0.25) is 10.00 Å². The molecule has 0 bridgehead atoms. The van der Waals surface area contributed by atoms with Crippen molar-refractivity contribution in [1.29, 1.82) is 0 Å². The summed E-state index contributed by atoms with van der Waals surface area (Å²) in [5, 5.41) is 19.5. The summed E-state index contributed by atoms with van der Waals surface area (Å²) < 4.78 is 41.6. The molecule has 9 rings (SSSR count). The van der Waals surface area contributed by atoms with Crippen molar-refractivity contribution in [2.24, 2.45) is 10.8 Å². The van der Waals surface area contributed by atoms with Crippen LogP contribution >= 0.6 is 0 Å². The minimum Gasteiger partial charge on any atom is -0.480 e. The Morgan fingerprint density at radius 2 is 1.94 bits per heavy atom. The van der Waals surface area contributed by atoms with Gasteiger partial charge < -0.3 is 29.0 Å². The Morgan fingerprint density at radius 3 is 2.74 bits per heavy atom. The molecule has 13 heteroatoms. The summed E-state index contributed by atoms with van der Waals surface area (Å²) in [7, 11) is 1.51. The van der Waals surface area contributed by atoms with E-state index in [1.807, 2.05) is 17.9 Å². The molecule has 0 amide bonds. The van der Waals surface area contributed by atoms with E-state index < -0.39 is 11.4 Å². The fourth-order valence-electron chi connectivity index (χ4n) is 10.4. The van der Waals surface area contributed by atoms with E-state index in [1.54, 1.807) is 19.2 Å². The van der Waals surface area contributed by atoms with E-state index in [2.05, 4.69) is 21.7 Å². The minimum absolute atomic E-state index is 0.0290. The minimum atomic E-state index is -1.17. The summed E-state index contributed by atoms with van der Waals surface area (Å²) in [6.07, 6.45) is 12.6. The van der Waals surface area contributed by atoms with Crippen LogP contribution in [0, 0.1) is 23.6 Å². The predicted molar refractivity (Wildman–Crippen MR) is 200 cm³/mol. The topological polar surface area (TPSA) is 131 Å². The van der Waals surface area contributed by atoms with Crippen molar-refractivity contribution >= 4 is 33.7 Å². The lowest BCUT2D eigenvalue weighted by atomic mass is 9.63. The molecule has 282 valence electrons. The van der Waals surface area contributed by atoms with E-state index in [4.69, 9.17) is 33.9 Å². The fourth-order valence-corrected chi connectivity index (χ4v) is 10.4. The first-order chi connectivity index (χ1) is 25.6. The largest absolute Gasteiger partial charge is 0.480 e. The average molecular weight is 728 g/mol. The van der Waals surface area contributed by atoms with Crippen LogP contribution in [-0.4, -0.2) is 113 Å². The number of aromatic nitrogens is 5. The number of aliphatic hydroxyl groups is 1. The number of hydrogen-bond acceptors (Lipinski definition) is 11. The summed E-state index contributed by atoms with van der Waals surface area (Å²) >= 11 is 0. The van der Waals surface area contributed by atoms with Gasteiger partial charge in [0.2, 0.25) is 5.88 Å². The van der Waals surface area contributed by atoms with Crippen molar-refractivity contribution in [2.75, 3.05) is 64.7 Å². The first-order valence-corrected chi connectivity index (χ1v) is 19.2. The second kappa shape index (κ2) is 13.1. The number of halogens is 1. The number of H-pyrrole nitrogens is 1. The number of aromatic amines is 1. The standard InChI is InChI=1S/C40H50FN7O5/c1-5-26-24(2)16-28-27(19-42-46-28)30(26)33-32(41)34-31(36(43-33)50-4)35(47-13-15-52-21-38(3,49)20-47)45-37(44-34)53-23-40-9-6-8-29(40)48(12-7-10-40)25-17-39(18-25)11-14-51-22-39/h5,16,19,25,29,49H,1,6-15,17-18,20-23H2,2-4H3,(H,42,46)/t25?,29-,38+,39?,40-/m1/s1. The molecule has 3 aliphatic heterocycles. The number of likely N-dealkylation sites (tertiary alicyclic amines) is 1. The molecular formula is C40H50FN7O5. The monoisotopic (exact) mass is 727 g/mol. The number of nitrogens with zero attached hydrogens (tertiary/aromatic N) is 6. The van der Waals surface area contributed by atoms with E-state index in [1.165, 1.54) is 26.4 Å². The maximum absolute atomic E-state index is 17.4. The molecule has 0 radical (unpaired) electrons. The third kappa shape index (κ3) is 5.86. The maximum Gasteiger partial charge on any atom is 0.319 e. The molecule has 12 nitrogen and oxygen atoms in total. The number of fused-ring (bicyclic) bond motifs is 3. The normalized spacial score (nSPS) is 30.5. The summed E-state index contributed by atoms with van der Waals surface area (Å²) in [6.45, 7) is 12.2. The lowest BCUT2D eigenvalue weighted by Crippen LogP contribution is -2.60. The van der Waals surface area contributed by atoms with Gasteiger partial charge in [0.25, 0.3) is 0 Å². The van der Waals surface area contributed by atoms with Gasteiger partial charge in [0.05, 0.1) is 51.8 Å². The first kappa shape index (κ1) is 34.8. The number of ether oxygens (including phenoxy) is 4. The average Bonchev–Trinajstić information content (AvgIpc) is 3.89. The number of nitrogens with one attached hydrogen (secondary N) is 1. The molecule has 2 N–H and O–H groups in total. The molecule has 1 aromatic carbocycles. The fraction of sp³-hybridized carbons (Fsp3) is 0.600. The number of methoxy groups -OCH3 is 1. The van der Waals surface area contributed by atoms with E-state index in [0.29, 0.717) is 59.4 Å². The number of β-amino-alcohol motifs (C(OH)–C–C–N with tert-alkyl or cyclic N) is 1. The zero-order valence-corrected chi connectivity index (χ0v) is 31.0. The number of benzene rings is 1. The Morgan fingerprint density at radius 1 is 1.11 bits per heavy atom. The molecule has 1 spiro atoms. The highest BCUT2D eigenvalue weighted by atomic mass is 19.1. The van der Waals surface area contributed by atoms with Gasteiger partial charge in [-0.25, -0.2) is 9.37 Å². The van der Waals surface area contributed by atoms with E-state index in [0.717, 1.165) is 68.5 Å². The number of piperidine rings is 1. The lowest BCUT2D eigenvalue weighted by molar-refractivity contribution is -0.0813. The highest BCUT2D eigenvalue weighted by Gasteiger charge is 2.55. The van der Waals surface area contributed by atoms with Crippen molar-refractivity contribution in [1.82, 2.24) is 30.0 Å². The predicted octanol–water partition coefficient (Wildman–Crippen LogP) is 5.84. The molecule has 3 aromatic heterocycles. The maximum atomic E-state index is 17.4. The summed E-state index contributed by atoms with van der Waals surface area (Å²) in [6, 6.07) is 3.09. The van der Waals surface area contributed by atoms with Crippen LogP contribution in [0.1, 0.15) is 69.4 Å². The van der Waals surface area contributed by atoms with Crippen LogP contribution in [0.15, 0.2) is 18.8 Å². The molecule has 2 saturated carbocycles. The first-order valence-electron chi connectivity index (χ1n) is 19.2. The summed E-state index contributed by atoms with van der Waals surface area (Å²) in [5.74, 6) is -0.0744. The van der Waals surface area contributed by atoms with E-state index in [9.17, 15) is 5.11 Å². The molecule has 0 unspecified atom stereocenters. The molecule has 6 heterocycles. The van der Waals surface area contributed by atoms with Crippen LogP contribution in [0.4, 0.5) is 10.2 Å². The van der Waals surface area contributed by atoms with Crippen LogP contribution in [-0.2, 0) is 9.47 Å². The van der Waals surface area contributed by atoms with Crippen molar-refractivity contribution in [2.45, 2.75) is 82.9 Å². The number of anilines is 1. The van der Waals surface area contributed by atoms with Crippen molar-refractivity contribution in [3.05, 3.63) is 35.8 Å². The zero-order chi connectivity index (χ0) is 36.5. The Kier molecular flexibility index (Phi) is 8.64. The van der Waals surface area contributed by atoms with Gasteiger partial charge in [0.1, 0.15) is 28.0 Å². The summed E-state index contributed by atoms with van der Waals surface area (Å²) in [5.41, 5.74) is 2.22. The van der Waals surface area contributed by atoms with Gasteiger partial charge in [-0.2, -0.15) is 15.1 Å². The molecule has 4 aromatic rings. The van der Waals surface area contributed by atoms with E-state index in [-0.39, 0.29) is 41.7 Å². The third-order valence-electron chi connectivity index (χ3n) is 12.9. The van der Waals surface area contributed by atoms with Gasteiger partial charge in [0.15, 0.2) is 5.82 Å². The highest BCUT2D eigenvalue weighted by molar-refractivity contribution is 6.03. The van der Waals surface area contributed by atoms with Crippen molar-refractivity contribution in [3.63, 3.8) is 0 Å². The zero-order valence-electron chi connectivity index (χ0n) is 31.0. The molecule has 53 heavy (non-hydrogen) atoms. The second-order valence-corrected chi connectivity index (χ2v) is 16.6. The molecule has 5 fully saturated rings. The Hall–Kier alpha value is -3.91. The second-order valence-electron chi connectivity index (χ2n) is 16.6. The Balaban J connectivity index is 1.13. The summed E-state index contributed by atoms with van der Waals surface area (Å²) in [4.78, 5) is 19.3. The molecule has 5 aliphatic rings. The smallest absolute Gasteiger partial charge is 0.319 e. The van der Waals surface area contributed by atoms with E-state index >= 15 is 4.39 Å². The van der Waals surface area contributed by atoms with Gasteiger partial charge in [0, 0.05) is 41.6 Å². The van der Waals surface area contributed by atoms with Crippen LogP contribution in [0.3, 0.4) is 0 Å². The molecule has 3 saturated heterocycles. The van der Waals surface area contributed by atoms with Gasteiger partial charge in [-0.1, -0.05) is 19.1 Å².